The zero-order valence-electron chi connectivity index (χ0n) is 17.7. The molecule has 8 N–H and O–H groups in total. The van der Waals surface area contributed by atoms with Crippen LogP contribution in [0.1, 0.15) is 26.3 Å². The van der Waals surface area contributed by atoms with Gasteiger partial charge in [-0.3, -0.25) is 14.4 Å². The minimum absolute atomic E-state index is 0.0692. The van der Waals surface area contributed by atoms with Crippen molar-refractivity contribution in [3.05, 3.63) is 29.8 Å². The number of hydrogen-bond donors (Lipinski definition) is 7. The van der Waals surface area contributed by atoms with E-state index < -0.39 is 54.5 Å². The van der Waals surface area contributed by atoms with Crippen LogP contribution < -0.4 is 21.7 Å². The van der Waals surface area contributed by atoms with E-state index in [0.29, 0.717) is 5.56 Å². The zero-order valence-corrected chi connectivity index (χ0v) is 17.7. The van der Waals surface area contributed by atoms with Crippen LogP contribution in [0.4, 0.5) is 0 Å². The number of aliphatic hydroxyl groups excluding tert-OH is 1. The molecule has 0 aliphatic rings. The molecule has 172 valence electrons. The van der Waals surface area contributed by atoms with Gasteiger partial charge < -0.3 is 37.0 Å². The number of carbonyl (C=O) groups excluding carboxylic acids is 3. The number of aliphatic carboxylic acids is 1. The van der Waals surface area contributed by atoms with Crippen LogP contribution in [0.5, 0.6) is 5.75 Å². The molecule has 0 bridgehead atoms. The molecule has 3 amide bonds. The van der Waals surface area contributed by atoms with Gasteiger partial charge in [0.05, 0.1) is 18.7 Å². The molecule has 11 heteroatoms. The first-order valence-corrected chi connectivity index (χ1v) is 9.74. The summed E-state index contributed by atoms with van der Waals surface area (Å²) in [5.74, 6) is -3.74. The number of nitrogens with two attached hydrogens (primary N) is 1. The topological polar surface area (TPSA) is 191 Å². The molecule has 1 aromatic rings. The van der Waals surface area contributed by atoms with Gasteiger partial charge in [0.25, 0.3) is 0 Å². The zero-order chi connectivity index (χ0) is 23.7. The van der Waals surface area contributed by atoms with Crippen molar-refractivity contribution in [1.29, 1.82) is 0 Å². The van der Waals surface area contributed by atoms with Gasteiger partial charge in [0.2, 0.25) is 17.7 Å². The van der Waals surface area contributed by atoms with E-state index in [1.807, 2.05) is 0 Å². The van der Waals surface area contributed by atoms with E-state index in [1.165, 1.54) is 19.1 Å². The Morgan fingerprint density at radius 1 is 0.968 bits per heavy atom. The number of carbonyl (C=O) groups is 4. The van der Waals surface area contributed by atoms with Crippen molar-refractivity contribution in [2.45, 2.75) is 51.4 Å². The number of phenolic OH excluding ortho intramolecular Hbond substituents is 1. The van der Waals surface area contributed by atoms with Gasteiger partial charge in [0, 0.05) is 0 Å². The fourth-order valence-corrected chi connectivity index (χ4v) is 2.66. The molecule has 0 fully saturated rings. The average molecular weight is 438 g/mol. The monoisotopic (exact) mass is 438 g/mol. The molecule has 0 heterocycles. The third-order valence-corrected chi connectivity index (χ3v) is 4.46. The molecule has 31 heavy (non-hydrogen) atoms. The Balaban J connectivity index is 2.64. The first kappa shape index (κ1) is 25.9. The number of carboxylic acid groups (broad SMARTS) is 1. The van der Waals surface area contributed by atoms with Crippen molar-refractivity contribution in [1.82, 2.24) is 16.0 Å². The second kappa shape index (κ2) is 11.9. The second-order valence-corrected chi connectivity index (χ2v) is 7.55. The van der Waals surface area contributed by atoms with E-state index in [-0.39, 0.29) is 18.1 Å². The Morgan fingerprint density at radius 3 is 2.03 bits per heavy atom. The molecule has 4 atom stereocenters. The van der Waals surface area contributed by atoms with Crippen molar-refractivity contribution in [3.8, 4) is 5.75 Å². The summed E-state index contributed by atoms with van der Waals surface area (Å²) in [5, 5.41) is 35.2. The summed E-state index contributed by atoms with van der Waals surface area (Å²) in [7, 11) is 0. The number of nitrogens with one attached hydrogen (secondary N) is 3. The van der Waals surface area contributed by atoms with Crippen molar-refractivity contribution in [2.75, 3.05) is 6.54 Å². The lowest BCUT2D eigenvalue weighted by Crippen LogP contribution is -2.57. The average Bonchev–Trinajstić information content (AvgIpc) is 2.69. The number of hydrogen-bond acceptors (Lipinski definition) is 7. The Kier molecular flexibility index (Phi) is 9.90. The Labute approximate surface area is 180 Å². The van der Waals surface area contributed by atoms with Crippen molar-refractivity contribution < 1.29 is 34.5 Å². The van der Waals surface area contributed by atoms with Crippen LogP contribution in [0.3, 0.4) is 0 Å². The normalized spacial score (nSPS) is 14.8. The molecule has 11 nitrogen and oxygen atoms in total. The molecule has 1 rings (SSSR count). The van der Waals surface area contributed by atoms with Gasteiger partial charge in [-0.15, -0.1) is 0 Å². The number of rotatable bonds is 11. The smallest absolute Gasteiger partial charge is 0.326 e. The second-order valence-electron chi connectivity index (χ2n) is 7.55. The number of phenols is 1. The molecule has 0 aliphatic carbocycles. The highest BCUT2D eigenvalue weighted by molar-refractivity contribution is 5.93. The summed E-state index contributed by atoms with van der Waals surface area (Å²) in [6.45, 7) is 4.00. The maximum atomic E-state index is 12.3. The predicted molar refractivity (Wildman–Crippen MR) is 111 cm³/mol. The summed E-state index contributed by atoms with van der Waals surface area (Å²) in [6, 6.07) is 2.59. The largest absolute Gasteiger partial charge is 0.508 e. The van der Waals surface area contributed by atoms with E-state index in [1.54, 1.807) is 26.0 Å². The molecule has 0 aliphatic heterocycles. The van der Waals surface area contributed by atoms with Crippen molar-refractivity contribution in [2.24, 2.45) is 11.7 Å². The van der Waals surface area contributed by atoms with Crippen LogP contribution in [0.15, 0.2) is 24.3 Å². The highest BCUT2D eigenvalue weighted by atomic mass is 16.4. The van der Waals surface area contributed by atoms with Crippen LogP contribution >= 0.6 is 0 Å². The molecule has 0 saturated carbocycles. The van der Waals surface area contributed by atoms with E-state index in [2.05, 4.69) is 16.0 Å². The number of aliphatic hydroxyl groups is 1. The number of amides is 3. The van der Waals surface area contributed by atoms with Crippen LogP contribution in [0, 0.1) is 5.92 Å². The van der Waals surface area contributed by atoms with Gasteiger partial charge in [-0.1, -0.05) is 26.0 Å². The third kappa shape index (κ3) is 8.60. The lowest BCUT2D eigenvalue weighted by Gasteiger charge is -2.23. The lowest BCUT2D eigenvalue weighted by atomic mass is 10.0. The minimum atomic E-state index is -1.37. The maximum Gasteiger partial charge on any atom is 0.326 e. The quantitative estimate of drug-likeness (QED) is 0.216. The molecular weight excluding hydrogens is 408 g/mol. The molecule has 0 aromatic heterocycles. The van der Waals surface area contributed by atoms with Gasteiger partial charge in [0.15, 0.2) is 0 Å². The fraction of sp³-hybridized carbons (Fsp3) is 0.500. The number of carboxylic acids is 1. The maximum absolute atomic E-state index is 12.3. The summed E-state index contributed by atoms with van der Waals surface area (Å²) in [6.07, 6.45) is -1.15. The first-order valence-electron chi connectivity index (χ1n) is 9.74. The van der Waals surface area contributed by atoms with E-state index in [0.717, 1.165) is 0 Å². The van der Waals surface area contributed by atoms with E-state index in [9.17, 15) is 29.4 Å². The molecule has 4 unspecified atom stereocenters. The van der Waals surface area contributed by atoms with Crippen molar-refractivity contribution in [3.63, 3.8) is 0 Å². The van der Waals surface area contributed by atoms with Gasteiger partial charge in [-0.05, 0) is 37.0 Å². The third-order valence-electron chi connectivity index (χ3n) is 4.46. The van der Waals surface area contributed by atoms with Gasteiger partial charge >= 0.3 is 5.97 Å². The van der Waals surface area contributed by atoms with Gasteiger partial charge in [0.1, 0.15) is 17.8 Å². The summed E-state index contributed by atoms with van der Waals surface area (Å²) >= 11 is 0. The van der Waals surface area contributed by atoms with Crippen molar-refractivity contribution >= 4 is 23.7 Å². The summed E-state index contributed by atoms with van der Waals surface area (Å²) in [4.78, 5) is 47.8. The minimum Gasteiger partial charge on any atom is -0.508 e. The van der Waals surface area contributed by atoms with Crippen LogP contribution in [0.2, 0.25) is 0 Å². The highest BCUT2D eigenvalue weighted by Gasteiger charge is 2.29. The molecule has 1 aromatic carbocycles. The molecule has 0 radical (unpaired) electrons. The standard InChI is InChI=1S/C20H30N4O7/c1-10(2)16(20(30)31)23-15(27)9-22-19(29)17(11(3)25)24-18(28)14(21)8-12-4-6-13(26)7-5-12/h4-7,10-11,14,16-17,25-26H,8-9,21H2,1-3H3,(H,22,29)(H,23,27)(H,24,28)(H,30,31). The number of benzene rings is 1. The summed E-state index contributed by atoms with van der Waals surface area (Å²) in [5.41, 5.74) is 6.55. The van der Waals surface area contributed by atoms with Gasteiger partial charge in [-0.25, -0.2) is 4.79 Å². The lowest BCUT2D eigenvalue weighted by molar-refractivity contribution is -0.143. The molecule has 0 saturated heterocycles. The molecule has 0 spiro atoms. The highest BCUT2D eigenvalue weighted by Crippen LogP contribution is 2.11. The fourth-order valence-electron chi connectivity index (χ4n) is 2.66. The summed E-state index contributed by atoms with van der Waals surface area (Å²) < 4.78 is 0. The van der Waals surface area contributed by atoms with Crippen LogP contribution in [-0.2, 0) is 25.6 Å². The SMILES string of the molecule is CC(C)C(NC(=O)CNC(=O)C(NC(=O)C(N)Cc1ccc(O)cc1)C(C)O)C(=O)O. The Morgan fingerprint density at radius 2 is 1.55 bits per heavy atom. The number of aromatic hydroxyl groups is 1. The van der Waals surface area contributed by atoms with Crippen LogP contribution in [0.25, 0.3) is 0 Å². The van der Waals surface area contributed by atoms with E-state index in [4.69, 9.17) is 10.8 Å². The molecular formula is C20H30N4O7. The first-order chi connectivity index (χ1) is 14.4. The van der Waals surface area contributed by atoms with Gasteiger partial charge in [-0.2, -0.15) is 0 Å². The predicted octanol–water partition coefficient (Wildman–Crippen LogP) is -1.53. The Bertz CT molecular complexity index is 780. The van der Waals surface area contributed by atoms with Crippen LogP contribution in [-0.4, -0.2) is 69.8 Å². The van der Waals surface area contributed by atoms with E-state index >= 15 is 0 Å². The Hall–Kier alpha value is -3.18.